The van der Waals surface area contributed by atoms with Crippen molar-refractivity contribution in [1.29, 1.82) is 0 Å². The van der Waals surface area contributed by atoms with Crippen molar-refractivity contribution in [1.82, 2.24) is 40.9 Å². The molecule has 0 bridgehead atoms. The van der Waals surface area contributed by atoms with Crippen molar-refractivity contribution in [2.75, 3.05) is 24.6 Å². The summed E-state index contributed by atoms with van der Waals surface area (Å²) in [5, 5.41) is 23.2. The Bertz CT molecular complexity index is 2360. The highest BCUT2D eigenvalue weighted by atomic mass is 33.1. The Balaban J connectivity index is 1.15. The standard InChI is InChI=1S/C42H52N10O10S2/c1-25-42(61)52-22-27(62-23-26-20-44-29-9-3-2-8-28(26)29)18-33(52)41(60)49-32(38(43)57)24-64-63-17-12-34(53)47-30(10-4-6-13-50-15-16-51-14-7-5-11-36(50)51)39(58)45-21-35(54)48-31(19-37(55)56)40(59)46-25/h2-3,5,7-9,11,14-16,20,25,27,30-33,44H,4,6,10,12-13,17-19,21-24H2,1H3,(H7-,43,45,46,47,48,49,53,54,55,56,57,58,59,60)/p+1/t25-,27?,30?,31-,32?,33-/m0/s1. The number of hydrogen-bond acceptors (Lipinski definition) is 11. The Labute approximate surface area is 375 Å². The van der Waals surface area contributed by atoms with E-state index in [1.807, 2.05) is 71.7 Å². The fourth-order valence-corrected chi connectivity index (χ4v) is 9.75. The molecule has 2 fully saturated rings. The predicted molar refractivity (Wildman–Crippen MR) is 236 cm³/mol. The van der Waals surface area contributed by atoms with E-state index in [4.69, 9.17) is 10.5 Å². The van der Waals surface area contributed by atoms with Gasteiger partial charge in [-0.1, -0.05) is 45.9 Å². The SMILES string of the molecule is C[C@@H]1NC(=O)[C@H](CC(=O)O)NC(=O)CNC(=O)C(CCCC[n+]2ccn3ccccc32)NC(=O)CCSSCC(C(N)=O)NC(=O)[C@@H]2CC(OCc3c[nH]c4ccccc34)CN2C1=O. The molecule has 0 saturated carbocycles. The minimum atomic E-state index is -1.66. The highest BCUT2D eigenvalue weighted by molar-refractivity contribution is 8.76. The molecule has 20 nitrogen and oxygen atoms in total. The number of nitrogens with two attached hydrogens (primary N) is 1. The molecule has 6 rings (SSSR count). The van der Waals surface area contributed by atoms with E-state index in [0.29, 0.717) is 19.4 Å². The number of ether oxygens (including phenoxy) is 1. The monoisotopic (exact) mass is 921 g/mol. The molecule has 1 aromatic carbocycles. The van der Waals surface area contributed by atoms with Crippen molar-refractivity contribution in [2.24, 2.45) is 5.73 Å². The number of primary amides is 1. The first-order chi connectivity index (χ1) is 30.8. The molecule has 0 spiro atoms. The maximum atomic E-state index is 14.0. The average molecular weight is 922 g/mol. The number of hydrogen-bond donors (Lipinski definition) is 8. The van der Waals surface area contributed by atoms with Gasteiger partial charge >= 0.3 is 5.97 Å². The zero-order valence-corrected chi connectivity index (χ0v) is 36.8. The van der Waals surface area contributed by atoms with E-state index in [1.54, 1.807) is 0 Å². The van der Waals surface area contributed by atoms with Crippen LogP contribution in [-0.4, -0.2) is 128 Å². The molecule has 4 aromatic rings. The number of imidazole rings is 1. The number of benzene rings is 1. The largest absolute Gasteiger partial charge is 0.481 e. The molecule has 7 amide bonds. The average Bonchev–Trinajstić information content (AvgIpc) is 4.01. The van der Waals surface area contributed by atoms with E-state index in [2.05, 4.69) is 36.1 Å². The summed E-state index contributed by atoms with van der Waals surface area (Å²) in [6.07, 6.45) is 7.57. The van der Waals surface area contributed by atoms with Crippen molar-refractivity contribution in [3.63, 3.8) is 0 Å². The van der Waals surface area contributed by atoms with Gasteiger partial charge in [-0.05, 0) is 38.3 Å². The summed E-state index contributed by atoms with van der Waals surface area (Å²) in [4.78, 5) is 110. The van der Waals surface area contributed by atoms with E-state index in [1.165, 1.54) is 33.4 Å². The van der Waals surface area contributed by atoms with Crippen LogP contribution in [0.3, 0.4) is 0 Å². The van der Waals surface area contributed by atoms with Crippen molar-refractivity contribution < 1.29 is 52.8 Å². The van der Waals surface area contributed by atoms with Crippen LogP contribution in [0.25, 0.3) is 16.6 Å². The number of aliphatic carboxylic acids is 1. The van der Waals surface area contributed by atoms with E-state index in [9.17, 15) is 43.5 Å². The number of carboxylic acid groups (broad SMARTS) is 1. The number of carboxylic acids is 1. The Morgan fingerprint density at radius 3 is 2.48 bits per heavy atom. The highest BCUT2D eigenvalue weighted by Gasteiger charge is 2.43. The topological polar surface area (TPSA) is 280 Å². The number of fused-ring (bicyclic) bond motifs is 3. The van der Waals surface area contributed by atoms with E-state index < -0.39 is 96.6 Å². The molecule has 3 unspecified atom stereocenters. The smallest absolute Gasteiger partial charge is 0.305 e. The number of pyridine rings is 1. The van der Waals surface area contributed by atoms with E-state index in [0.717, 1.165) is 22.1 Å². The zero-order valence-electron chi connectivity index (χ0n) is 35.2. The number of H-pyrrole nitrogens is 1. The number of rotatable bonds is 11. The van der Waals surface area contributed by atoms with Gasteiger partial charge < -0.3 is 52.0 Å². The van der Waals surface area contributed by atoms with Crippen LogP contribution in [-0.2, 0) is 56.2 Å². The predicted octanol–water partition coefficient (Wildman–Crippen LogP) is -0.115. The molecule has 3 aromatic heterocycles. The summed E-state index contributed by atoms with van der Waals surface area (Å²) in [7, 11) is 2.46. The lowest BCUT2D eigenvalue weighted by atomic mass is 10.1. The molecule has 64 heavy (non-hydrogen) atoms. The molecular formula is C42H53N10O10S2+. The summed E-state index contributed by atoms with van der Waals surface area (Å²) in [6, 6.07) is 7.16. The van der Waals surface area contributed by atoms with Crippen molar-refractivity contribution in [3.8, 4) is 0 Å². The summed E-state index contributed by atoms with van der Waals surface area (Å²) >= 11 is 0. The van der Waals surface area contributed by atoms with Gasteiger partial charge in [-0.3, -0.25) is 38.4 Å². The van der Waals surface area contributed by atoms with Crippen LogP contribution in [0, 0.1) is 0 Å². The van der Waals surface area contributed by atoms with Crippen LogP contribution in [0.4, 0.5) is 0 Å². The molecule has 342 valence electrons. The van der Waals surface area contributed by atoms with Crippen LogP contribution in [0.2, 0.25) is 0 Å². The molecule has 2 aliphatic heterocycles. The Hall–Kier alpha value is -6.13. The first kappa shape index (κ1) is 47.4. The number of para-hydroxylation sites is 1. The van der Waals surface area contributed by atoms with Crippen LogP contribution in [0.15, 0.2) is 67.3 Å². The molecule has 22 heteroatoms. The normalized spacial score (nSPS) is 23.7. The number of aromatic nitrogens is 3. The quantitative estimate of drug-likeness (QED) is 0.0556. The third-order valence-corrected chi connectivity index (χ3v) is 13.3. The summed E-state index contributed by atoms with van der Waals surface area (Å²) in [5.41, 5.74) is 8.44. The highest BCUT2D eigenvalue weighted by Crippen LogP contribution is 2.27. The zero-order chi connectivity index (χ0) is 45.8. The lowest BCUT2D eigenvalue weighted by Gasteiger charge is -2.28. The van der Waals surface area contributed by atoms with Crippen molar-refractivity contribution in [3.05, 3.63) is 72.8 Å². The minimum Gasteiger partial charge on any atom is -0.481 e. The number of unbranched alkanes of at least 4 members (excludes halogenated alkanes) is 1. The van der Waals surface area contributed by atoms with Gasteiger partial charge in [0.05, 0.1) is 38.4 Å². The molecule has 0 radical (unpaired) electrons. The number of nitrogens with one attached hydrogen (secondary N) is 6. The number of aromatic amines is 1. The van der Waals surface area contributed by atoms with Crippen LogP contribution >= 0.6 is 21.6 Å². The second-order valence-electron chi connectivity index (χ2n) is 15.6. The third kappa shape index (κ3) is 12.7. The molecule has 2 aliphatic rings. The number of aryl methyl sites for hydroxylation is 1. The van der Waals surface area contributed by atoms with E-state index in [-0.39, 0.29) is 43.9 Å². The van der Waals surface area contributed by atoms with Crippen LogP contribution in [0.1, 0.15) is 51.0 Å². The van der Waals surface area contributed by atoms with Gasteiger partial charge in [0.15, 0.2) is 0 Å². The number of nitrogens with zero attached hydrogens (tertiary/aromatic N) is 3. The van der Waals surface area contributed by atoms with Crippen molar-refractivity contribution >= 4 is 85.5 Å². The van der Waals surface area contributed by atoms with Crippen molar-refractivity contribution in [2.45, 2.75) is 94.9 Å². The maximum Gasteiger partial charge on any atom is 0.305 e. The van der Waals surface area contributed by atoms with E-state index >= 15 is 0 Å². The fraction of sp³-hybridized carbons (Fsp3) is 0.452. The Morgan fingerprint density at radius 2 is 1.69 bits per heavy atom. The first-order valence-corrected chi connectivity index (χ1v) is 23.4. The summed E-state index contributed by atoms with van der Waals surface area (Å²) < 4.78 is 10.3. The van der Waals surface area contributed by atoms with Gasteiger partial charge in [-0.2, -0.15) is 0 Å². The number of carbonyl (C=O) groups is 8. The second kappa shape index (κ2) is 22.5. The van der Waals surface area contributed by atoms with Crippen LogP contribution < -0.4 is 36.9 Å². The lowest BCUT2D eigenvalue weighted by Crippen LogP contribution is -2.58. The molecule has 9 N–H and O–H groups in total. The minimum absolute atomic E-state index is 0.00857. The van der Waals surface area contributed by atoms with Gasteiger partial charge in [-0.15, -0.1) is 0 Å². The Kier molecular flexibility index (Phi) is 16.6. The number of amides is 7. The third-order valence-electron chi connectivity index (χ3n) is 10.9. The molecule has 0 aliphatic carbocycles. The fourth-order valence-electron chi connectivity index (χ4n) is 7.59. The summed E-state index contributed by atoms with van der Waals surface area (Å²) in [5.74, 6) is -6.33. The maximum absolute atomic E-state index is 14.0. The number of carbonyl (C=O) groups excluding carboxylic acids is 7. The Morgan fingerprint density at radius 1 is 0.906 bits per heavy atom. The van der Waals surface area contributed by atoms with Gasteiger partial charge in [0, 0.05) is 59.6 Å². The van der Waals surface area contributed by atoms with Gasteiger partial charge in [0.1, 0.15) is 42.6 Å². The second-order valence-corrected chi connectivity index (χ2v) is 18.2. The molecule has 6 atom stereocenters. The van der Waals surface area contributed by atoms with Gasteiger partial charge in [-0.25, -0.2) is 8.97 Å². The molecule has 5 heterocycles. The van der Waals surface area contributed by atoms with Gasteiger partial charge in [0.25, 0.3) is 5.65 Å². The molecule has 2 saturated heterocycles. The summed E-state index contributed by atoms with van der Waals surface area (Å²) in [6.45, 7) is 1.44. The molecular weight excluding hydrogens is 869 g/mol. The van der Waals surface area contributed by atoms with Gasteiger partial charge in [0.2, 0.25) is 41.4 Å². The lowest BCUT2D eigenvalue weighted by molar-refractivity contribution is -0.671. The first-order valence-electron chi connectivity index (χ1n) is 20.9. The van der Waals surface area contributed by atoms with Crippen LogP contribution in [0.5, 0.6) is 0 Å².